The number of carbonyl (C=O) groups is 1. The first-order valence-electron chi connectivity index (χ1n) is 4.75. The lowest BCUT2D eigenvalue weighted by Gasteiger charge is -2.15. The van der Waals surface area contributed by atoms with Crippen LogP contribution in [0.5, 0.6) is 0 Å². The number of hydrogen-bond acceptors (Lipinski definition) is 3. The van der Waals surface area contributed by atoms with Gasteiger partial charge in [0.1, 0.15) is 5.25 Å². The quantitative estimate of drug-likeness (QED) is 0.906. The number of thiophene rings is 1. The van der Waals surface area contributed by atoms with Crippen LogP contribution in [0.2, 0.25) is 0 Å². The maximum Gasteiger partial charge on any atom is 0.319 e. The summed E-state index contributed by atoms with van der Waals surface area (Å²) in [5, 5.41) is 10.1. The molecular formula is C10H13BrO3S2. The highest BCUT2D eigenvalue weighted by Gasteiger charge is 2.28. The van der Waals surface area contributed by atoms with Gasteiger partial charge in [0.25, 0.3) is 0 Å². The van der Waals surface area contributed by atoms with E-state index < -0.39 is 22.0 Å². The largest absolute Gasteiger partial charge is 0.480 e. The molecule has 0 aliphatic heterocycles. The molecule has 1 heterocycles. The second-order valence-corrected chi connectivity index (χ2v) is 7.13. The zero-order valence-electron chi connectivity index (χ0n) is 8.97. The lowest BCUT2D eigenvalue weighted by Crippen LogP contribution is -2.31. The Bertz CT molecular complexity index is 401. The topological polar surface area (TPSA) is 54.4 Å². The third-order valence-electron chi connectivity index (χ3n) is 2.10. The summed E-state index contributed by atoms with van der Waals surface area (Å²) in [6.07, 6.45) is 0. The Kier molecular flexibility index (Phi) is 5.14. The first kappa shape index (κ1) is 13.9. The van der Waals surface area contributed by atoms with E-state index in [1.165, 1.54) is 11.3 Å². The van der Waals surface area contributed by atoms with Crippen LogP contribution in [-0.4, -0.2) is 20.5 Å². The van der Waals surface area contributed by atoms with E-state index in [-0.39, 0.29) is 5.92 Å². The van der Waals surface area contributed by atoms with Gasteiger partial charge in [0.2, 0.25) is 0 Å². The highest BCUT2D eigenvalue weighted by atomic mass is 79.9. The minimum atomic E-state index is -1.38. The number of carboxylic acids is 1. The zero-order chi connectivity index (χ0) is 12.3. The van der Waals surface area contributed by atoms with Gasteiger partial charge < -0.3 is 5.11 Å². The Morgan fingerprint density at radius 1 is 1.62 bits per heavy atom. The van der Waals surface area contributed by atoms with E-state index in [0.29, 0.717) is 5.75 Å². The lowest BCUT2D eigenvalue weighted by atomic mass is 10.1. The van der Waals surface area contributed by atoms with Crippen molar-refractivity contribution < 1.29 is 14.1 Å². The van der Waals surface area contributed by atoms with Crippen molar-refractivity contribution in [2.45, 2.75) is 24.9 Å². The highest BCUT2D eigenvalue weighted by molar-refractivity contribution is 9.10. The molecule has 90 valence electrons. The van der Waals surface area contributed by atoms with Crippen molar-refractivity contribution in [3.8, 4) is 0 Å². The average Bonchev–Trinajstić information content (AvgIpc) is 2.50. The highest BCUT2D eigenvalue weighted by Crippen LogP contribution is 2.25. The molecule has 0 fully saturated rings. The minimum Gasteiger partial charge on any atom is -0.480 e. The zero-order valence-corrected chi connectivity index (χ0v) is 12.2. The fraction of sp³-hybridized carbons (Fsp3) is 0.500. The van der Waals surface area contributed by atoms with Crippen LogP contribution >= 0.6 is 27.3 Å². The van der Waals surface area contributed by atoms with Crippen LogP contribution in [-0.2, 0) is 21.3 Å². The van der Waals surface area contributed by atoms with E-state index in [1.54, 1.807) is 13.8 Å². The Morgan fingerprint density at radius 3 is 2.62 bits per heavy atom. The van der Waals surface area contributed by atoms with Gasteiger partial charge in [-0.3, -0.25) is 9.00 Å². The first-order chi connectivity index (χ1) is 7.43. The number of halogens is 1. The molecule has 0 aliphatic carbocycles. The minimum absolute atomic E-state index is 0.128. The van der Waals surface area contributed by atoms with Gasteiger partial charge in [-0.1, -0.05) is 13.8 Å². The summed E-state index contributed by atoms with van der Waals surface area (Å²) in [5.41, 5.74) is 0. The van der Waals surface area contributed by atoms with E-state index in [9.17, 15) is 9.00 Å². The van der Waals surface area contributed by atoms with E-state index in [4.69, 9.17) is 5.11 Å². The van der Waals surface area contributed by atoms with Crippen molar-refractivity contribution in [1.82, 2.24) is 0 Å². The third kappa shape index (κ3) is 3.40. The Labute approximate surface area is 109 Å². The SMILES string of the molecule is CC(C)C(C(=O)O)S(=O)Cc1sccc1Br. The van der Waals surface area contributed by atoms with Gasteiger partial charge in [0.05, 0.1) is 5.75 Å². The van der Waals surface area contributed by atoms with Crippen molar-refractivity contribution in [1.29, 1.82) is 0 Å². The van der Waals surface area contributed by atoms with Crippen molar-refractivity contribution in [3.05, 3.63) is 20.8 Å². The van der Waals surface area contributed by atoms with Crippen LogP contribution < -0.4 is 0 Å². The summed E-state index contributed by atoms with van der Waals surface area (Å²) in [5.74, 6) is -0.814. The molecular weight excluding hydrogens is 312 g/mol. The van der Waals surface area contributed by atoms with Gasteiger partial charge in [0.15, 0.2) is 0 Å². The van der Waals surface area contributed by atoms with E-state index >= 15 is 0 Å². The summed E-state index contributed by atoms with van der Waals surface area (Å²) >= 11 is 4.83. The Balaban J connectivity index is 2.78. The molecule has 0 radical (unpaired) electrons. The van der Waals surface area contributed by atoms with Crippen molar-refractivity contribution in [2.75, 3.05) is 0 Å². The molecule has 0 bridgehead atoms. The van der Waals surface area contributed by atoms with Gasteiger partial charge in [-0.2, -0.15) is 0 Å². The third-order valence-corrected chi connectivity index (χ3v) is 6.09. The van der Waals surface area contributed by atoms with Gasteiger partial charge >= 0.3 is 5.97 Å². The predicted octanol–water partition coefficient (Wildman–Crippen LogP) is 2.87. The molecule has 0 saturated heterocycles. The molecule has 16 heavy (non-hydrogen) atoms. The smallest absolute Gasteiger partial charge is 0.319 e. The fourth-order valence-electron chi connectivity index (χ4n) is 1.35. The Morgan fingerprint density at radius 2 is 2.25 bits per heavy atom. The molecule has 0 aromatic carbocycles. The molecule has 1 rings (SSSR count). The fourth-order valence-corrected chi connectivity index (χ4v) is 4.86. The second-order valence-electron chi connectivity index (χ2n) is 3.72. The molecule has 1 aromatic heterocycles. The van der Waals surface area contributed by atoms with Gasteiger partial charge in [-0.05, 0) is 33.3 Å². The second kappa shape index (κ2) is 5.93. The van der Waals surface area contributed by atoms with Gasteiger partial charge in [0, 0.05) is 20.1 Å². The van der Waals surface area contributed by atoms with Crippen LogP contribution in [0.3, 0.4) is 0 Å². The van der Waals surface area contributed by atoms with Gasteiger partial charge in [-0.15, -0.1) is 11.3 Å². The predicted molar refractivity (Wildman–Crippen MR) is 70.1 cm³/mol. The molecule has 0 amide bonds. The van der Waals surface area contributed by atoms with E-state index in [0.717, 1.165) is 9.35 Å². The summed E-state index contributed by atoms with van der Waals surface area (Å²) in [4.78, 5) is 11.9. The molecule has 2 unspecified atom stereocenters. The molecule has 0 spiro atoms. The van der Waals surface area contributed by atoms with E-state index in [2.05, 4.69) is 15.9 Å². The maximum atomic E-state index is 12.0. The van der Waals surface area contributed by atoms with E-state index in [1.807, 2.05) is 11.4 Å². The number of aliphatic carboxylic acids is 1. The van der Waals surface area contributed by atoms with Gasteiger partial charge in [-0.25, -0.2) is 0 Å². The molecule has 0 aliphatic rings. The molecule has 6 heteroatoms. The van der Waals surface area contributed by atoms with Crippen molar-refractivity contribution >= 4 is 44.0 Å². The standard InChI is InChI=1S/C10H13BrO3S2/c1-6(2)9(10(12)13)16(14)5-8-7(11)3-4-15-8/h3-4,6,9H,5H2,1-2H3,(H,12,13). The Hall–Kier alpha value is -0.200. The lowest BCUT2D eigenvalue weighted by molar-refractivity contribution is -0.137. The first-order valence-corrected chi connectivity index (χ1v) is 7.80. The maximum absolute atomic E-state index is 12.0. The average molecular weight is 325 g/mol. The molecule has 2 atom stereocenters. The summed E-state index contributed by atoms with van der Waals surface area (Å²) < 4.78 is 12.9. The van der Waals surface area contributed by atoms with Crippen LogP contribution in [0.4, 0.5) is 0 Å². The summed E-state index contributed by atoms with van der Waals surface area (Å²) in [6, 6.07) is 1.88. The molecule has 1 aromatic rings. The summed E-state index contributed by atoms with van der Waals surface area (Å²) in [6.45, 7) is 3.56. The van der Waals surface area contributed by atoms with Crippen molar-refractivity contribution in [2.24, 2.45) is 5.92 Å². The number of carboxylic acid groups (broad SMARTS) is 1. The molecule has 0 saturated carbocycles. The summed E-state index contributed by atoms with van der Waals surface area (Å²) in [7, 11) is -1.38. The number of hydrogen-bond donors (Lipinski definition) is 1. The van der Waals surface area contributed by atoms with Crippen LogP contribution in [0.15, 0.2) is 15.9 Å². The molecule has 1 N–H and O–H groups in total. The van der Waals surface area contributed by atoms with Crippen LogP contribution in [0, 0.1) is 5.92 Å². The monoisotopic (exact) mass is 324 g/mol. The van der Waals surface area contributed by atoms with Crippen LogP contribution in [0.25, 0.3) is 0 Å². The van der Waals surface area contributed by atoms with Crippen LogP contribution in [0.1, 0.15) is 18.7 Å². The molecule has 3 nitrogen and oxygen atoms in total. The van der Waals surface area contributed by atoms with Crippen molar-refractivity contribution in [3.63, 3.8) is 0 Å². The number of rotatable bonds is 5. The normalized spacial score (nSPS) is 15.0.